The third-order valence-electron chi connectivity index (χ3n) is 3.42. The van der Waals surface area contributed by atoms with Crippen molar-refractivity contribution in [3.63, 3.8) is 0 Å². The second kappa shape index (κ2) is 5.91. The number of hydrogen-bond donors (Lipinski definition) is 1. The molecule has 1 aromatic carbocycles. The van der Waals surface area contributed by atoms with E-state index < -0.39 is 0 Å². The van der Waals surface area contributed by atoms with E-state index in [9.17, 15) is 0 Å². The van der Waals surface area contributed by atoms with Crippen molar-refractivity contribution in [2.75, 3.05) is 13.6 Å². The molecule has 0 atom stereocenters. The van der Waals surface area contributed by atoms with Gasteiger partial charge in [-0.15, -0.1) is 10.2 Å². The van der Waals surface area contributed by atoms with Gasteiger partial charge in [0.1, 0.15) is 5.01 Å². The van der Waals surface area contributed by atoms with Gasteiger partial charge in [0.05, 0.1) is 0 Å². The highest BCUT2D eigenvalue weighted by molar-refractivity contribution is 7.19. The molecule has 0 aliphatic carbocycles. The molecule has 21 heavy (non-hydrogen) atoms. The summed E-state index contributed by atoms with van der Waals surface area (Å²) in [7, 11) is 1.97. The van der Waals surface area contributed by atoms with Gasteiger partial charge < -0.3 is 5.32 Å². The Morgan fingerprint density at radius 2 is 2.05 bits per heavy atom. The summed E-state index contributed by atoms with van der Waals surface area (Å²) in [6.07, 6.45) is 0.990. The fraction of sp³-hybridized carbons (Fsp3) is 0.400. The normalized spacial score (nSPS) is 11.6. The summed E-state index contributed by atoms with van der Waals surface area (Å²) in [5.74, 6) is 1.23. The Kier molecular flexibility index (Phi) is 3.98. The molecule has 0 unspecified atom stereocenters. The number of benzene rings is 1. The van der Waals surface area contributed by atoms with Crippen LogP contribution in [0.4, 0.5) is 0 Å². The topological polar surface area (TPSA) is 55.1 Å². The summed E-state index contributed by atoms with van der Waals surface area (Å²) in [5, 5.41) is 17.4. The lowest BCUT2D eigenvalue weighted by molar-refractivity contribution is 0.726. The molecule has 6 heteroatoms. The predicted molar refractivity (Wildman–Crippen MR) is 85.8 cm³/mol. The Bertz CT molecular complexity index is 743. The molecule has 0 saturated carbocycles. The van der Waals surface area contributed by atoms with E-state index in [2.05, 4.69) is 53.6 Å². The van der Waals surface area contributed by atoms with E-state index in [0.29, 0.717) is 5.92 Å². The molecule has 2 heterocycles. The lowest BCUT2D eigenvalue weighted by atomic mass is 10.1. The third kappa shape index (κ3) is 2.69. The molecule has 3 rings (SSSR count). The lowest BCUT2D eigenvalue weighted by Gasteiger charge is -2.06. The summed E-state index contributed by atoms with van der Waals surface area (Å²) in [6.45, 7) is 5.17. The molecule has 0 bridgehead atoms. The van der Waals surface area contributed by atoms with Crippen molar-refractivity contribution < 1.29 is 0 Å². The number of nitrogens with one attached hydrogen (secondary N) is 1. The van der Waals surface area contributed by atoms with Gasteiger partial charge in [0.15, 0.2) is 5.82 Å². The zero-order valence-electron chi connectivity index (χ0n) is 12.5. The molecular weight excluding hydrogens is 282 g/mol. The minimum atomic E-state index is 0.314. The van der Waals surface area contributed by atoms with Crippen molar-refractivity contribution >= 4 is 16.3 Å². The van der Waals surface area contributed by atoms with Crippen LogP contribution in [0.3, 0.4) is 0 Å². The SMILES string of the molecule is CNCCc1ccccc1-c1nn2c(C(C)C)nnc2s1. The molecule has 3 aromatic rings. The quantitative estimate of drug-likeness (QED) is 0.787. The molecule has 0 amide bonds. The molecule has 0 aliphatic heterocycles. The summed E-state index contributed by atoms with van der Waals surface area (Å²) in [4.78, 5) is 0.858. The zero-order chi connectivity index (χ0) is 14.8. The van der Waals surface area contributed by atoms with Crippen LogP contribution in [0, 0.1) is 0 Å². The van der Waals surface area contributed by atoms with E-state index in [4.69, 9.17) is 5.10 Å². The molecule has 0 saturated heterocycles. The average molecular weight is 301 g/mol. The van der Waals surface area contributed by atoms with Gasteiger partial charge in [0.25, 0.3) is 0 Å². The number of aromatic nitrogens is 4. The van der Waals surface area contributed by atoms with Crippen molar-refractivity contribution in [2.24, 2.45) is 0 Å². The minimum absolute atomic E-state index is 0.314. The van der Waals surface area contributed by atoms with Crippen LogP contribution in [0.15, 0.2) is 24.3 Å². The van der Waals surface area contributed by atoms with Crippen LogP contribution in [0.1, 0.15) is 31.2 Å². The maximum absolute atomic E-state index is 4.72. The molecular formula is C15H19N5S. The van der Waals surface area contributed by atoms with E-state index in [0.717, 1.165) is 28.8 Å². The fourth-order valence-corrected chi connectivity index (χ4v) is 3.21. The highest BCUT2D eigenvalue weighted by atomic mass is 32.1. The fourth-order valence-electron chi connectivity index (χ4n) is 2.31. The van der Waals surface area contributed by atoms with Crippen molar-refractivity contribution in [2.45, 2.75) is 26.2 Å². The molecule has 5 nitrogen and oxygen atoms in total. The maximum Gasteiger partial charge on any atom is 0.234 e. The standard InChI is InChI=1S/C15H19N5S/c1-10(2)13-17-18-15-20(13)19-14(21-15)12-7-5-4-6-11(12)8-9-16-3/h4-7,10,16H,8-9H2,1-3H3. The summed E-state index contributed by atoms with van der Waals surface area (Å²) in [5.41, 5.74) is 2.50. The number of fused-ring (bicyclic) bond motifs is 1. The van der Waals surface area contributed by atoms with E-state index in [1.54, 1.807) is 11.3 Å². The maximum atomic E-state index is 4.72. The zero-order valence-corrected chi connectivity index (χ0v) is 13.3. The Balaban J connectivity index is 2.04. The first kappa shape index (κ1) is 14.2. The first-order chi connectivity index (χ1) is 10.2. The second-order valence-corrected chi connectivity index (χ2v) is 6.28. The third-order valence-corrected chi connectivity index (χ3v) is 4.36. The van der Waals surface area contributed by atoms with Gasteiger partial charge in [0, 0.05) is 11.5 Å². The first-order valence-electron chi connectivity index (χ1n) is 7.15. The van der Waals surface area contributed by atoms with Crippen LogP contribution in [0.2, 0.25) is 0 Å². The largest absolute Gasteiger partial charge is 0.319 e. The van der Waals surface area contributed by atoms with E-state index in [1.807, 2.05) is 11.6 Å². The van der Waals surface area contributed by atoms with Gasteiger partial charge in [-0.05, 0) is 25.6 Å². The summed E-state index contributed by atoms with van der Waals surface area (Å²) in [6, 6.07) is 8.43. The highest BCUT2D eigenvalue weighted by Crippen LogP contribution is 2.29. The molecule has 0 spiro atoms. The monoisotopic (exact) mass is 301 g/mol. The predicted octanol–water partition coefficient (Wildman–Crippen LogP) is 2.74. The van der Waals surface area contributed by atoms with Crippen molar-refractivity contribution in [3.05, 3.63) is 35.7 Å². The summed E-state index contributed by atoms with van der Waals surface area (Å²) >= 11 is 1.59. The lowest BCUT2D eigenvalue weighted by Crippen LogP contribution is -2.10. The van der Waals surface area contributed by atoms with Crippen LogP contribution in [0.5, 0.6) is 0 Å². The van der Waals surface area contributed by atoms with Crippen LogP contribution in [-0.4, -0.2) is 33.4 Å². The van der Waals surface area contributed by atoms with Crippen LogP contribution in [-0.2, 0) is 6.42 Å². The van der Waals surface area contributed by atoms with E-state index >= 15 is 0 Å². The Hall–Kier alpha value is -1.79. The van der Waals surface area contributed by atoms with Gasteiger partial charge >= 0.3 is 0 Å². The van der Waals surface area contributed by atoms with E-state index in [1.165, 1.54) is 11.1 Å². The van der Waals surface area contributed by atoms with Crippen molar-refractivity contribution in [1.82, 2.24) is 25.1 Å². The average Bonchev–Trinajstić information content (AvgIpc) is 3.05. The minimum Gasteiger partial charge on any atom is -0.319 e. The molecule has 0 aliphatic rings. The van der Waals surface area contributed by atoms with Crippen molar-refractivity contribution in [1.29, 1.82) is 0 Å². The Morgan fingerprint density at radius 1 is 1.24 bits per heavy atom. The van der Waals surface area contributed by atoms with Gasteiger partial charge in [-0.1, -0.05) is 49.4 Å². The second-order valence-electron chi connectivity index (χ2n) is 5.33. The Labute approximate surface area is 128 Å². The van der Waals surface area contributed by atoms with Gasteiger partial charge in [-0.3, -0.25) is 0 Å². The van der Waals surface area contributed by atoms with E-state index in [-0.39, 0.29) is 0 Å². The van der Waals surface area contributed by atoms with Crippen LogP contribution < -0.4 is 5.32 Å². The number of nitrogens with zero attached hydrogens (tertiary/aromatic N) is 4. The number of likely N-dealkylation sites (N-methyl/N-ethyl adjacent to an activating group) is 1. The molecule has 0 fully saturated rings. The van der Waals surface area contributed by atoms with Gasteiger partial charge in [-0.25, -0.2) is 0 Å². The van der Waals surface area contributed by atoms with Gasteiger partial charge in [0.2, 0.25) is 4.96 Å². The van der Waals surface area contributed by atoms with Crippen molar-refractivity contribution in [3.8, 4) is 10.6 Å². The van der Waals surface area contributed by atoms with Crippen LogP contribution in [0.25, 0.3) is 15.5 Å². The smallest absolute Gasteiger partial charge is 0.234 e. The molecule has 0 radical (unpaired) electrons. The highest BCUT2D eigenvalue weighted by Gasteiger charge is 2.16. The molecule has 2 aromatic heterocycles. The van der Waals surface area contributed by atoms with Crippen LogP contribution >= 0.6 is 11.3 Å². The number of hydrogen-bond acceptors (Lipinski definition) is 5. The number of rotatable bonds is 5. The van der Waals surface area contributed by atoms with Gasteiger partial charge in [-0.2, -0.15) is 9.61 Å². The molecule has 110 valence electrons. The summed E-state index contributed by atoms with van der Waals surface area (Å²) < 4.78 is 1.87. The Morgan fingerprint density at radius 3 is 2.81 bits per heavy atom. The first-order valence-corrected chi connectivity index (χ1v) is 7.97. The molecule has 1 N–H and O–H groups in total.